The first-order valence-electron chi connectivity index (χ1n) is 8.50. The fourth-order valence-electron chi connectivity index (χ4n) is 2.72. The fraction of sp³-hybridized carbons (Fsp3) is 0.176. The van der Waals surface area contributed by atoms with E-state index < -0.39 is 5.97 Å². The van der Waals surface area contributed by atoms with Gasteiger partial charge in [-0.15, -0.1) is 0 Å². The number of para-hydroxylation sites is 2. The Morgan fingerprint density at radius 3 is 2.86 bits per heavy atom. The van der Waals surface area contributed by atoms with Crippen molar-refractivity contribution in [2.45, 2.75) is 13.8 Å². The second-order valence-corrected chi connectivity index (χ2v) is 5.81. The Morgan fingerprint density at radius 1 is 1.25 bits per heavy atom. The molecule has 0 unspecified atom stereocenters. The van der Waals surface area contributed by atoms with Gasteiger partial charge in [0.15, 0.2) is 5.69 Å². The number of hydrogen-bond donors (Lipinski definition) is 3. The van der Waals surface area contributed by atoms with Gasteiger partial charge in [-0.25, -0.2) is 14.3 Å². The number of nitrogens with two attached hydrogens (primary N) is 1. The van der Waals surface area contributed by atoms with Crippen molar-refractivity contribution in [2.75, 3.05) is 17.7 Å². The molecule has 0 spiro atoms. The van der Waals surface area contributed by atoms with E-state index >= 15 is 0 Å². The van der Waals surface area contributed by atoms with E-state index in [9.17, 15) is 4.79 Å². The van der Waals surface area contributed by atoms with Crippen LogP contribution in [0.3, 0.4) is 0 Å². The van der Waals surface area contributed by atoms with Gasteiger partial charge in [0.2, 0.25) is 17.8 Å². The van der Waals surface area contributed by atoms with Gasteiger partial charge >= 0.3 is 5.97 Å². The van der Waals surface area contributed by atoms with E-state index in [1.807, 2.05) is 24.3 Å². The van der Waals surface area contributed by atoms with Gasteiger partial charge in [-0.1, -0.05) is 12.1 Å². The first-order chi connectivity index (χ1) is 13.5. The summed E-state index contributed by atoms with van der Waals surface area (Å²) in [5, 5.41) is 9.80. The molecule has 28 heavy (non-hydrogen) atoms. The Labute approximate surface area is 159 Å². The molecule has 0 saturated carbocycles. The summed E-state index contributed by atoms with van der Waals surface area (Å²) in [6.07, 6.45) is 0. The van der Waals surface area contributed by atoms with Crippen molar-refractivity contribution in [3.05, 3.63) is 41.9 Å². The molecule has 3 heterocycles. The van der Waals surface area contributed by atoms with Crippen molar-refractivity contribution in [3.63, 3.8) is 0 Å². The number of anilines is 3. The average molecular weight is 379 g/mol. The molecule has 0 atom stereocenters. The molecule has 11 nitrogen and oxygen atoms in total. The standard InChI is InChI=1S/C17H17N9O2/c1-3-28-14(27)11-8-13(25-24-11)22-17-21-10-6-4-5-7-12(10)26(17)16-20-9(2)19-15(18)23-16/h4-8H,3H2,1-2H3,(H2,18,19,20,23)(H2,21,22,24,25). The van der Waals surface area contributed by atoms with Gasteiger partial charge in [-0.05, 0) is 26.0 Å². The molecule has 4 rings (SSSR count). The van der Waals surface area contributed by atoms with E-state index in [-0.39, 0.29) is 18.2 Å². The smallest absolute Gasteiger partial charge is 0.358 e. The van der Waals surface area contributed by atoms with Crippen molar-refractivity contribution < 1.29 is 9.53 Å². The number of benzene rings is 1. The van der Waals surface area contributed by atoms with E-state index in [0.29, 0.717) is 23.5 Å². The molecule has 142 valence electrons. The third-order valence-electron chi connectivity index (χ3n) is 3.82. The summed E-state index contributed by atoms with van der Waals surface area (Å²) in [5.41, 5.74) is 7.46. The van der Waals surface area contributed by atoms with Crippen molar-refractivity contribution in [1.82, 2.24) is 34.7 Å². The molecule has 4 aromatic rings. The van der Waals surface area contributed by atoms with Crippen molar-refractivity contribution in [3.8, 4) is 5.95 Å². The number of esters is 1. The number of hydrogen-bond acceptors (Lipinski definition) is 9. The molecule has 0 aliphatic heterocycles. The van der Waals surface area contributed by atoms with Gasteiger partial charge in [0.1, 0.15) is 11.6 Å². The summed E-state index contributed by atoms with van der Waals surface area (Å²) in [6.45, 7) is 3.73. The summed E-state index contributed by atoms with van der Waals surface area (Å²) in [5.74, 6) is 1.28. The lowest BCUT2D eigenvalue weighted by molar-refractivity contribution is 0.0519. The normalized spacial score (nSPS) is 10.9. The first-order valence-corrected chi connectivity index (χ1v) is 8.50. The number of nitrogens with one attached hydrogen (secondary N) is 2. The van der Waals surface area contributed by atoms with Gasteiger partial charge in [-0.2, -0.15) is 20.1 Å². The molecule has 0 saturated heterocycles. The predicted molar refractivity (Wildman–Crippen MR) is 101 cm³/mol. The number of fused-ring (bicyclic) bond motifs is 1. The lowest BCUT2D eigenvalue weighted by Crippen LogP contribution is -2.10. The van der Waals surface area contributed by atoms with E-state index in [2.05, 4.69) is 35.5 Å². The van der Waals surface area contributed by atoms with E-state index in [0.717, 1.165) is 11.0 Å². The zero-order chi connectivity index (χ0) is 19.7. The van der Waals surface area contributed by atoms with Crippen LogP contribution in [-0.4, -0.2) is 47.3 Å². The van der Waals surface area contributed by atoms with Gasteiger partial charge in [-0.3, -0.25) is 5.10 Å². The molecule has 0 aliphatic carbocycles. The highest BCUT2D eigenvalue weighted by Gasteiger charge is 2.18. The summed E-state index contributed by atoms with van der Waals surface area (Å²) in [7, 11) is 0. The highest BCUT2D eigenvalue weighted by Crippen LogP contribution is 2.25. The maximum Gasteiger partial charge on any atom is 0.358 e. The third-order valence-corrected chi connectivity index (χ3v) is 3.82. The number of ether oxygens (including phenoxy) is 1. The van der Waals surface area contributed by atoms with Crippen molar-refractivity contribution in [2.24, 2.45) is 0 Å². The number of carbonyl (C=O) groups excluding carboxylic acids is 1. The van der Waals surface area contributed by atoms with Gasteiger partial charge < -0.3 is 15.8 Å². The molecule has 11 heteroatoms. The number of carbonyl (C=O) groups is 1. The molecule has 3 aromatic heterocycles. The Bertz CT molecular complexity index is 1140. The number of aryl methyl sites for hydroxylation is 1. The number of nitrogens with zero attached hydrogens (tertiary/aromatic N) is 6. The summed E-state index contributed by atoms with van der Waals surface area (Å²) < 4.78 is 6.66. The van der Waals surface area contributed by atoms with Crippen molar-refractivity contribution in [1.29, 1.82) is 0 Å². The lowest BCUT2D eigenvalue weighted by Gasteiger charge is -2.09. The molecule has 0 radical (unpaired) electrons. The molecule has 1 aromatic carbocycles. The van der Waals surface area contributed by atoms with Crippen LogP contribution >= 0.6 is 0 Å². The number of nitrogen functional groups attached to an aromatic ring is 1. The molecule has 0 amide bonds. The monoisotopic (exact) mass is 379 g/mol. The first kappa shape index (κ1) is 17.4. The Hall–Kier alpha value is -4.02. The SMILES string of the molecule is CCOC(=O)c1cc(Nc2nc3ccccc3n2-c2nc(C)nc(N)n2)[nH]n1. The minimum Gasteiger partial charge on any atom is -0.461 e. The second-order valence-electron chi connectivity index (χ2n) is 5.81. The zero-order valence-electron chi connectivity index (χ0n) is 15.2. The number of imidazole rings is 1. The quantitative estimate of drug-likeness (QED) is 0.441. The average Bonchev–Trinajstić information content (AvgIpc) is 3.25. The summed E-state index contributed by atoms with van der Waals surface area (Å²) >= 11 is 0. The van der Waals surface area contributed by atoms with E-state index in [1.54, 1.807) is 18.4 Å². The topological polar surface area (TPSA) is 150 Å². The molecule has 0 bridgehead atoms. The van der Waals surface area contributed by atoms with Crippen molar-refractivity contribution >= 4 is 34.7 Å². The summed E-state index contributed by atoms with van der Waals surface area (Å²) in [4.78, 5) is 29.0. The number of aromatic amines is 1. The number of H-pyrrole nitrogens is 1. The van der Waals surface area contributed by atoms with Crippen LogP contribution < -0.4 is 11.1 Å². The minimum absolute atomic E-state index is 0.109. The number of rotatable bonds is 5. The maximum atomic E-state index is 11.8. The Morgan fingerprint density at radius 2 is 2.07 bits per heavy atom. The van der Waals surface area contributed by atoms with Crippen LogP contribution in [0.5, 0.6) is 0 Å². The van der Waals surface area contributed by atoms with Crippen LogP contribution in [0.4, 0.5) is 17.7 Å². The van der Waals surface area contributed by atoms with Crippen LogP contribution in [0.2, 0.25) is 0 Å². The fourth-order valence-corrected chi connectivity index (χ4v) is 2.72. The summed E-state index contributed by atoms with van der Waals surface area (Å²) in [6, 6.07) is 9.06. The molecular weight excluding hydrogens is 362 g/mol. The van der Waals surface area contributed by atoms with Crippen LogP contribution in [-0.2, 0) is 4.74 Å². The van der Waals surface area contributed by atoms with E-state index in [1.165, 1.54) is 6.07 Å². The largest absolute Gasteiger partial charge is 0.461 e. The Balaban J connectivity index is 1.78. The van der Waals surface area contributed by atoms with Crippen LogP contribution in [0, 0.1) is 6.92 Å². The molecule has 4 N–H and O–H groups in total. The van der Waals surface area contributed by atoms with Crippen LogP contribution in [0.1, 0.15) is 23.2 Å². The lowest BCUT2D eigenvalue weighted by atomic mass is 10.3. The van der Waals surface area contributed by atoms with Crippen LogP contribution in [0.15, 0.2) is 30.3 Å². The highest BCUT2D eigenvalue weighted by molar-refractivity contribution is 5.88. The number of aromatic nitrogens is 7. The van der Waals surface area contributed by atoms with E-state index in [4.69, 9.17) is 10.5 Å². The highest BCUT2D eigenvalue weighted by atomic mass is 16.5. The minimum atomic E-state index is -0.513. The van der Waals surface area contributed by atoms with Crippen LogP contribution in [0.25, 0.3) is 17.0 Å². The molecule has 0 fully saturated rings. The maximum absolute atomic E-state index is 11.8. The zero-order valence-corrected chi connectivity index (χ0v) is 15.2. The van der Waals surface area contributed by atoms with Gasteiger partial charge in [0, 0.05) is 6.07 Å². The predicted octanol–water partition coefficient (Wildman–Crippen LogP) is 1.74. The second kappa shape index (κ2) is 6.95. The third kappa shape index (κ3) is 3.20. The molecule has 0 aliphatic rings. The van der Waals surface area contributed by atoms with Gasteiger partial charge in [0.05, 0.1) is 17.6 Å². The molecular formula is C17H17N9O2. The van der Waals surface area contributed by atoms with Gasteiger partial charge in [0.25, 0.3) is 0 Å². The Kier molecular flexibility index (Phi) is 4.32.